The molecule has 1 aromatic carbocycles. The number of rotatable bonds is 2. The van der Waals surface area contributed by atoms with Crippen LogP contribution < -0.4 is 0 Å². The van der Waals surface area contributed by atoms with E-state index in [1.165, 1.54) is 0 Å². The van der Waals surface area contributed by atoms with Crippen LogP contribution in [0.3, 0.4) is 0 Å². The Morgan fingerprint density at radius 3 is 2.56 bits per heavy atom. The van der Waals surface area contributed by atoms with E-state index in [4.69, 9.17) is 0 Å². The maximum absolute atomic E-state index is 10.7. The monoisotopic (exact) mass is 212 g/mol. The van der Waals surface area contributed by atoms with Crippen LogP contribution in [0.15, 0.2) is 30.3 Å². The maximum Gasteiger partial charge on any atom is 0.168 e. The molecule has 3 nitrogen and oxygen atoms in total. The zero-order valence-corrected chi connectivity index (χ0v) is 9.27. The van der Waals surface area contributed by atoms with Crippen LogP contribution in [0.2, 0.25) is 0 Å². The zero-order chi connectivity index (χ0) is 11.5. The van der Waals surface area contributed by atoms with Crippen LogP contribution in [0.4, 0.5) is 0 Å². The van der Waals surface area contributed by atoms with Crippen molar-refractivity contribution >= 4 is 6.29 Å². The van der Waals surface area contributed by atoms with Crippen molar-refractivity contribution in [2.24, 2.45) is 0 Å². The summed E-state index contributed by atoms with van der Waals surface area (Å²) in [4.78, 5) is 19.3. The molecule has 16 heavy (non-hydrogen) atoms. The first-order chi connectivity index (χ1) is 7.70. The molecule has 2 aromatic rings. The molecule has 1 aromatic heterocycles. The second-order valence-electron chi connectivity index (χ2n) is 3.69. The predicted molar refractivity (Wildman–Crippen MR) is 62.3 cm³/mol. The molecule has 0 aliphatic heterocycles. The molecule has 0 saturated carbocycles. The molecule has 0 saturated heterocycles. The molecule has 1 heterocycles. The van der Waals surface area contributed by atoms with Gasteiger partial charge in [-0.05, 0) is 25.5 Å². The lowest BCUT2D eigenvalue weighted by atomic mass is 10.1. The van der Waals surface area contributed by atoms with Crippen molar-refractivity contribution in [2.45, 2.75) is 13.8 Å². The fourth-order valence-corrected chi connectivity index (χ4v) is 1.60. The van der Waals surface area contributed by atoms with Gasteiger partial charge in [0.15, 0.2) is 12.1 Å². The van der Waals surface area contributed by atoms with E-state index in [1.54, 1.807) is 6.07 Å². The number of aryl methyl sites for hydroxylation is 2. The quantitative estimate of drug-likeness (QED) is 0.718. The van der Waals surface area contributed by atoms with Gasteiger partial charge in [-0.1, -0.05) is 24.3 Å². The van der Waals surface area contributed by atoms with Crippen molar-refractivity contribution < 1.29 is 4.79 Å². The Labute approximate surface area is 94.2 Å². The van der Waals surface area contributed by atoms with Crippen LogP contribution in [0.1, 0.15) is 21.7 Å². The number of hydrogen-bond donors (Lipinski definition) is 0. The Balaban J connectivity index is 2.60. The Bertz CT molecular complexity index is 535. The highest BCUT2D eigenvalue weighted by Gasteiger charge is 2.06. The lowest BCUT2D eigenvalue weighted by molar-refractivity contribution is 0.111. The highest BCUT2D eigenvalue weighted by Crippen LogP contribution is 2.19. The number of aromatic nitrogens is 2. The van der Waals surface area contributed by atoms with Crippen LogP contribution in [0.25, 0.3) is 11.4 Å². The van der Waals surface area contributed by atoms with Gasteiger partial charge < -0.3 is 0 Å². The Morgan fingerprint density at radius 1 is 1.12 bits per heavy atom. The van der Waals surface area contributed by atoms with Gasteiger partial charge >= 0.3 is 0 Å². The molecule has 0 aliphatic carbocycles. The largest absolute Gasteiger partial charge is 0.296 e. The van der Waals surface area contributed by atoms with Gasteiger partial charge in [0, 0.05) is 11.3 Å². The van der Waals surface area contributed by atoms with E-state index in [-0.39, 0.29) is 0 Å². The fraction of sp³-hybridized carbons (Fsp3) is 0.154. The number of hydrogen-bond acceptors (Lipinski definition) is 3. The highest BCUT2D eigenvalue weighted by molar-refractivity contribution is 5.73. The minimum atomic E-state index is 0.422. The standard InChI is InChI=1S/C13H12N2O/c1-9-5-3-4-6-12(9)13-14-10(2)7-11(8-16)15-13/h3-8H,1-2H3. The molecule has 3 heteroatoms. The summed E-state index contributed by atoms with van der Waals surface area (Å²) in [5, 5.41) is 0. The number of carbonyl (C=O) groups is 1. The van der Waals surface area contributed by atoms with Gasteiger partial charge in [0.2, 0.25) is 0 Å². The summed E-state index contributed by atoms with van der Waals surface area (Å²) in [6.07, 6.45) is 0.746. The number of benzene rings is 1. The van der Waals surface area contributed by atoms with Crippen LogP contribution in [-0.4, -0.2) is 16.3 Å². The van der Waals surface area contributed by atoms with E-state index >= 15 is 0 Å². The third-order valence-corrected chi connectivity index (χ3v) is 2.38. The van der Waals surface area contributed by atoms with Crippen molar-refractivity contribution in [1.29, 1.82) is 0 Å². The number of aldehydes is 1. The number of carbonyl (C=O) groups excluding carboxylic acids is 1. The lowest BCUT2D eigenvalue weighted by Crippen LogP contribution is -1.97. The molecule has 0 aliphatic rings. The normalized spacial score (nSPS) is 10.1. The molecule has 80 valence electrons. The van der Waals surface area contributed by atoms with Crippen molar-refractivity contribution in [2.75, 3.05) is 0 Å². The smallest absolute Gasteiger partial charge is 0.168 e. The third kappa shape index (κ3) is 1.98. The van der Waals surface area contributed by atoms with Crippen molar-refractivity contribution in [1.82, 2.24) is 9.97 Å². The average Bonchev–Trinajstić information content (AvgIpc) is 2.28. The Hall–Kier alpha value is -2.03. The maximum atomic E-state index is 10.7. The molecule has 0 spiro atoms. The summed E-state index contributed by atoms with van der Waals surface area (Å²) < 4.78 is 0. The topological polar surface area (TPSA) is 42.9 Å². The van der Waals surface area contributed by atoms with E-state index in [1.807, 2.05) is 38.1 Å². The van der Waals surface area contributed by atoms with Gasteiger partial charge in [-0.2, -0.15) is 0 Å². The van der Waals surface area contributed by atoms with Gasteiger partial charge in [0.25, 0.3) is 0 Å². The van der Waals surface area contributed by atoms with E-state index in [2.05, 4.69) is 9.97 Å². The molecule has 0 N–H and O–H groups in total. The Morgan fingerprint density at radius 2 is 1.88 bits per heavy atom. The van der Waals surface area contributed by atoms with Crippen LogP contribution in [0, 0.1) is 13.8 Å². The lowest BCUT2D eigenvalue weighted by Gasteiger charge is -2.05. The third-order valence-electron chi connectivity index (χ3n) is 2.38. The van der Waals surface area contributed by atoms with E-state index in [9.17, 15) is 4.79 Å². The van der Waals surface area contributed by atoms with Gasteiger partial charge in [-0.15, -0.1) is 0 Å². The van der Waals surface area contributed by atoms with Crippen molar-refractivity contribution in [3.63, 3.8) is 0 Å². The van der Waals surface area contributed by atoms with Crippen molar-refractivity contribution in [3.8, 4) is 11.4 Å². The first kappa shape index (κ1) is 10.5. The minimum absolute atomic E-state index is 0.422. The minimum Gasteiger partial charge on any atom is -0.296 e. The van der Waals surface area contributed by atoms with Crippen LogP contribution >= 0.6 is 0 Å². The summed E-state index contributed by atoms with van der Waals surface area (Å²) in [6, 6.07) is 9.54. The molecule has 0 bridgehead atoms. The zero-order valence-electron chi connectivity index (χ0n) is 9.27. The van der Waals surface area contributed by atoms with Crippen molar-refractivity contribution in [3.05, 3.63) is 47.3 Å². The Kier molecular flexibility index (Phi) is 2.77. The molecule has 2 rings (SSSR count). The van der Waals surface area contributed by atoms with Crippen LogP contribution in [-0.2, 0) is 0 Å². The fourth-order valence-electron chi connectivity index (χ4n) is 1.60. The van der Waals surface area contributed by atoms with Gasteiger partial charge in [0.1, 0.15) is 5.69 Å². The van der Waals surface area contributed by atoms with E-state index in [0.29, 0.717) is 11.5 Å². The summed E-state index contributed by atoms with van der Waals surface area (Å²) in [7, 11) is 0. The first-order valence-corrected chi connectivity index (χ1v) is 5.07. The summed E-state index contributed by atoms with van der Waals surface area (Å²) in [5.41, 5.74) is 3.29. The summed E-state index contributed by atoms with van der Waals surface area (Å²) in [5.74, 6) is 0.611. The predicted octanol–water partition coefficient (Wildman–Crippen LogP) is 2.57. The summed E-state index contributed by atoms with van der Waals surface area (Å²) in [6.45, 7) is 3.86. The highest BCUT2D eigenvalue weighted by atomic mass is 16.1. The molecular formula is C13H12N2O. The second-order valence-corrected chi connectivity index (χ2v) is 3.69. The molecule has 0 radical (unpaired) electrons. The molecule has 0 unspecified atom stereocenters. The van der Waals surface area contributed by atoms with E-state index < -0.39 is 0 Å². The molecule has 0 amide bonds. The van der Waals surface area contributed by atoms with Crippen LogP contribution in [0.5, 0.6) is 0 Å². The van der Waals surface area contributed by atoms with Gasteiger partial charge in [0.05, 0.1) is 0 Å². The molecule has 0 atom stereocenters. The second kappa shape index (κ2) is 4.23. The molecule has 0 fully saturated rings. The molecular weight excluding hydrogens is 200 g/mol. The van der Waals surface area contributed by atoms with Gasteiger partial charge in [-0.25, -0.2) is 9.97 Å². The van der Waals surface area contributed by atoms with E-state index in [0.717, 1.165) is 23.1 Å². The SMILES string of the molecule is Cc1cc(C=O)nc(-c2ccccc2C)n1. The average molecular weight is 212 g/mol. The first-order valence-electron chi connectivity index (χ1n) is 5.07. The summed E-state index contributed by atoms with van der Waals surface area (Å²) >= 11 is 0. The van der Waals surface area contributed by atoms with Gasteiger partial charge in [-0.3, -0.25) is 4.79 Å². The number of nitrogens with zero attached hydrogens (tertiary/aromatic N) is 2.